The molecular weight excluding hydrogens is 323 g/mol. The number of carbonyl (C=O) groups excluding carboxylic acids is 2. The number of nitrogens with zero attached hydrogens (tertiary/aromatic N) is 2. The van der Waals surface area contributed by atoms with E-state index in [1.54, 1.807) is 4.90 Å². The van der Waals surface area contributed by atoms with Crippen molar-refractivity contribution < 1.29 is 9.59 Å². The highest BCUT2D eigenvalue weighted by Crippen LogP contribution is 2.34. The molecule has 3 rings (SSSR count). The third-order valence-corrected chi connectivity index (χ3v) is 5.00. The minimum Gasteiger partial charge on any atom is -0.370 e. The van der Waals surface area contributed by atoms with Gasteiger partial charge < -0.3 is 9.80 Å². The van der Waals surface area contributed by atoms with Crippen molar-refractivity contribution in [3.05, 3.63) is 23.2 Å². The average Bonchev–Trinajstić information content (AvgIpc) is 2.90. The predicted octanol–water partition coefficient (Wildman–Crippen LogP) is 3.45. The number of benzene rings is 1. The molecule has 1 unspecified atom stereocenters. The molecule has 1 amide bonds. The van der Waals surface area contributed by atoms with E-state index >= 15 is 0 Å². The number of hydrogen-bond acceptors (Lipinski definition) is 3. The van der Waals surface area contributed by atoms with Gasteiger partial charge >= 0.3 is 0 Å². The van der Waals surface area contributed by atoms with Gasteiger partial charge in [-0.1, -0.05) is 11.6 Å². The van der Waals surface area contributed by atoms with Crippen molar-refractivity contribution in [1.82, 2.24) is 0 Å². The molecule has 6 heteroatoms. The Morgan fingerprint density at radius 3 is 2.50 bits per heavy atom. The first-order valence-electron chi connectivity index (χ1n) is 7.60. The summed E-state index contributed by atoms with van der Waals surface area (Å²) in [5, 5.41) is 0.194. The molecule has 2 saturated heterocycles. The van der Waals surface area contributed by atoms with Gasteiger partial charge in [0.2, 0.25) is 11.1 Å². The van der Waals surface area contributed by atoms with Gasteiger partial charge in [-0.3, -0.25) is 9.59 Å². The molecule has 2 aliphatic heterocycles. The molecule has 0 bridgehead atoms. The van der Waals surface area contributed by atoms with Crippen molar-refractivity contribution in [1.29, 1.82) is 0 Å². The topological polar surface area (TPSA) is 40.6 Å². The molecule has 0 N–H and O–H groups in total. The van der Waals surface area contributed by atoms with Gasteiger partial charge in [-0.2, -0.15) is 0 Å². The van der Waals surface area contributed by atoms with Crippen LogP contribution in [-0.4, -0.2) is 30.8 Å². The van der Waals surface area contributed by atoms with Crippen molar-refractivity contribution in [2.24, 2.45) is 5.92 Å². The van der Waals surface area contributed by atoms with Gasteiger partial charge in [-0.05, 0) is 49.1 Å². The maximum Gasteiger partial charge on any atom is 0.227 e. The van der Waals surface area contributed by atoms with E-state index in [4.69, 9.17) is 23.2 Å². The van der Waals surface area contributed by atoms with Crippen LogP contribution in [0.4, 0.5) is 11.4 Å². The Morgan fingerprint density at radius 1 is 1.18 bits per heavy atom. The Morgan fingerprint density at radius 2 is 1.91 bits per heavy atom. The molecule has 0 aromatic heterocycles. The van der Waals surface area contributed by atoms with E-state index in [9.17, 15) is 9.59 Å². The molecule has 0 saturated carbocycles. The summed E-state index contributed by atoms with van der Waals surface area (Å²) in [5.41, 5.74) is 1.75. The van der Waals surface area contributed by atoms with Crippen LogP contribution < -0.4 is 9.80 Å². The number of rotatable bonds is 3. The molecule has 2 fully saturated rings. The normalized spacial score (nSPS) is 22.3. The van der Waals surface area contributed by atoms with Crippen molar-refractivity contribution >= 4 is 45.7 Å². The van der Waals surface area contributed by atoms with E-state index in [1.807, 2.05) is 18.2 Å². The Bertz CT molecular complexity index is 600. The number of anilines is 2. The van der Waals surface area contributed by atoms with Crippen molar-refractivity contribution in [2.75, 3.05) is 29.4 Å². The van der Waals surface area contributed by atoms with Crippen LogP contribution in [-0.2, 0) is 9.59 Å². The first kappa shape index (κ1) is 15.6. The van der Waals surface area contributed by atoms with E-state index in [-0.39, 0.29) is 12.3 Å². The van der Waals surface area contributed by atoms with Crippen LogP contribution in [0.2, 0.25) is 5.02 Å². The fourth-order valence-corrected chi connectivity index (χ4v) is 3.60. The second kappa shape index (κ2) is 6.47. The molecule has 1 aromatic rings. The van der Waals surface area contributed by atoms with Gasteiger partial charge in [-0.25, -0.2) is 0 Å². The number of halogens is 2. The van der Waals surface area contributed by atoms with Crippen LogP contribution >= 0.6 is 23.2 Å². The molecule has 0 aliphatic carbocycles. The molecule has 0 spiro atoms. The molecular formula is C16H18Cl2N2O2. The van der Waals surface area contributed by atoms with Gasteiger partial charge in [-0.15, -0.1) is 0 Å². The number of carbonyl (C=O) groups is 2. The summed E-state index contributed by atoms with van der Waals surface area (Å²) in [6, 6.07) is 5.67. The highest BCUT2D eigenvalue weighted by molar-refractivity contribution is 6.64. The minimum atomic E-state index is -0.452. The van der Waals surface area contributed by atoms with Gasteiger partial charge in [0.05, 0.1) is 16.6 Å². The summed E-state index contributed by atoms with van der Waals surface area (Å²) < 4.78 is 0. The van der Waals surface area contributed by atoms with E-state index in [0.29, 0.717) is 11.6 Å². The summed E-state index contributed by atoms with van der Waals surface area (Å²) in [6.07, 6.45) is 3.81. The van der Waals surface area contributed by atoms with Crippen LogP contribution in [0.15, 0.2) is 18.2 Å². The number of piperidine rings is 1. The number of hydrogen-bond donors (Lipinski definition) is 0. The highest BCUT2D eigenvalue weighted by atomic mass is 35.5. The fraction of sp³-hybridized carbons (Fsp3) is 0.500. The van der Waals surface area contributed by atoms with E-state index in [2.05, 4.69) is 4.90 Å². The molecule has 118 valence electrons. The SMILES string of the molecule is O=C(Cl)C1CC(=O)N(c2ccc(N3CCCCC3)c(Cl)c2)C1. The largest absolute Gasteiger partial charge is 0.370 e. The summed E-state index contributed by atoms with van der Waals surface area (Å²) in [6.45, 7) is 2.37. The minimum absolute atomic E-state index is 0.0826. The lowest BCUT2D eigenvalue weighted by atomic mass is 10.1. The average molecular weight is 341 g/mol. The Kier molecular flexibility index (Phi) is 4.59. The van der Waals surface area contributed by atoms with Gasteiger partial charge in [0.15, 0.2) is 0 Å². The summed E-state index contributed by atoms with van der Waals surface area (Å²) in [4.78, 5) is 27.2. The Balaban J connectivity index is 1.80. The van der Waals surface area contributed by atoms with E-state index in [1.165, 1.54) is 19.3 Å². The van der Waals surface area contributed by atoms with Crippen LogP contribution in [0.3, 0.4) is 0 Å². The fourth-order valence-electron chi connectivity index (χ4n) is 3.16. The Labute approximate surface area is 140 Å². The van der Waals surface area contributed by atoms with Gasteiger partial charge in [0.1, 0.15) is 0 Å². The van der Waals surface area contributed by atoms with Crippen LogP contribution in [0.1, 0.15) is 25.7 Å². The van der Waals surface area contributed by atoms with Gasteiger partial charge in [0.25, 0.3) is 0 Å². The molecule has 2 aliphatic rings. The second-order valence-corrected chi connectivity index (χ2v) is 6.67. The van der Waals surface area contributed by atoms with Crippen LogP contribution in [0.5, 0.6) is 0 Å². The molecule has 1 atom stereocenters. The first-order chi connectivity index (χ1) is 10.6. The maximum atomic E-state index is 12.0. The zero-order chi connectivity index (χ0) is 15.7. The molecule has 2 heterocycles. The maximum absolute atomic E-state index is 12.0. The lowest BCUT2D eigenvalue weighted by Crippen LogP contribution is -2.30. The zero-order valence-corrected chi connectivity index (χ0v) is 13.7. The molecule has 4 nitrogen and oxygen atoms in total. The lowest BCUT2D eigenvalue weighted by Gasteiger charge is -2.30. The van der Waals surface area contributed by atoms with E-state index < -0.39 is 11.2 Å². The van der Waals surface area contributed by atoms with Crippen LogP contribution in [0.25, 0.3) is 0 Å². The Hall–Kier alpha value is -1.26. The van der Waals surface area contributed by atoms with Crippen molar-refractivity contribution in [3.8, 4) is 0 Å². The zero-order valence-electron chi connectivity index (χ0n) is 12.2. The molecule has 22 heavy (non-hydrogen) atoms. The quantitative estimate of drug-likeness (QED) is 0.791. The lowest BCUT2D eigenvalue weighted by molar-refractivity contribution is -0.120. The standard InChI is InChI=1S/C16H18Cl2N2O2/c17-13-9-12(20-10-11(16(18)22)8-15(20)21)4-5-14(13)19-6-2-1-3-7-19/h4-5,9,11H,1-3,6-8,10H2. The van der Waals surface area contributed by atoms with Crippen molar-refractivity contribution in [3.63, 3.8) is 0 Å². The third kappa shape index (κ3) is 3.08. The molecule has 1 aromatic carbocycles. The summed E-state index contributed by atoms with van der Waals surface area (Å²) in [7, 11) is 0. The third-order valence-electron chi connectivity index (χ3n) is 4.39. The number of amides is 1. The summed E-state index contributed by atoms with van der Waals surface area (Å²) in [5.74, 6) is -0.504. The van der Waals surface area contributed by atoms with Crippen molar-refractivity contribution in [2.45, 2.75) is 25.7 Å². The highest BCUT2D eigenvalue weighted by Gasteiger charge is 2.34. The monoisotopic (exact) mass is 340 g/mol. The van der Waals surface area contributed by atoms with E-state index in [0.717, 1.165) is 24.5 Å². The molecule has 0 radical (unpaired) electrons. The predicted molar refractivity (Wildman–Crippen MR) is 88.8 cm³/mol. The van der Waals surface area contributed by atoms with Crippen LogP contribution in [0, 0.1) is 5.92 Å². The smallest absolute Gasteiger partial charge is 0.227 e. The first-order valence-corrected chi connectivity index (χ1v) is 8.36. The van der Waals surface area contributed by atoms with Gasteiger partial charge in [0, 0.05) is 31.7 Å². The summed E-state index contributed by atoms with van der Waals surface area (Å²) >= 11 is 11.9. The second-order valence-electron chi connectivity index (χ2n) is 5.89.